The number of halogens is 3. The number of alkyl halides is 1. The Morgan fingerprint density at radius 1 is 1.11 bits per heavy atom. The van der Waals surface area contributed by atoms with E-state index in [0.29, 0.717) is 10.3 Å². The highest BCUT2D eigenvalue weighted by molar-refractivity contribution is 9.15. The molecule has 0 heterocycles. The van der Waals surface area contributed by atoms with Crippen LogP contribution in [0.1, 0.15) is 31.2 Å². The summed E-state index contributed by atoms with van der Waals surface area (Å²) in [5.41, 5.74) is 4.29. The van der Waals surface area contributed by atoms with Gasteiger partial charge in [-0.3, -0.25) is 0 Å². The normalized spacial score (nSPS) is 29.1. The maximum Gasteiger partial charge on any atom is 0.175 e. The van der Waals surface area contributed by atoms with Crippen molar-refractivity contribution in [3.8, 4) is 0 Å². The number of benzene rings is 1. The van der Waals surface area contributed by atoms with Crippen molar-refractivity contribution in [3.63, 3.8) is 0 Å². The van der Waals surface area contributed by atoms with Crippen molar-refractivity contribution in [2.24, 2.45) is 11.3 Å². The highest BCUT2D eigenvalue weighted by Crippen LogP contribution is 2.64. The van der Waals surface area contributed by atoms with Crippen LogP contribution in [0.5, 0.6) is 0 Å². The van der Waals surface area contributed by atoms with Gasteiger partial charge in [0.2, 0.25) is 0 Å². The smallest absolute Gasteiger partial charge is 0.175 e. The molecule has 1 spiro atoms. The summed E-state index contributed by atoms with van der Waals surface area (Å²) in [7, 11) is -1.52. The molecule has 1 aromatic carbocycles. The van der Waals surface area contributed by atoms with E-state index in [0.717, 1.165) is 27.4 Å². The van der Waals surface area contributed by atoms with Crippen LogP contribution in [0.15, 0.2) is 55.9 Å². The largest absolute Gasteiger partial charge is 0.358 e. The van der Waals surface area contributed by atoms with Gasteiger partial charge in [-0.15, -0.1) is 0 Å². The molecule has 0 N–H and O–H groups in total. The van der Waals surface area contributed by atoms with Gasteiger partial charge in [0, 0.05) is 23.8 Å². The first-order valence-electron chi connectivity index (χ1n) is 9.10. The lowest BCUT2D eigenvalue weighted by Gasteiger charge is -2.31. The van der Waals surface area contributed by atoms with E-state index >= 15 is 0 Å². The van der Waals surface area contributed by atoms with E-state index in [1.807, 2.05) is 18.2 Å². The Bertz CT molecular complexity index is 1020. The van der Waals surface area contributed by atoms with Gasteiger partial charge in [-0.2, -0.15) is 0 Å². The second-order valence-electron chi connectivity index (χ2n) is 8.00. The van der Waals surface area contributed by atoms with Crippen molar-refractivity contribution < 1.29 is 13.2 Å². The van der Waals surface area contributed by atoms with Crippen LogP contribution in [0.4, 0.5) is 0 Å². The lowest BCUT2D eigenvalue weighted by atomic mass is 9.88. The summed E-state index contributed by atoms with van der Waals surface area (Å²) in [6.07, 6.45) is 10.2. The molecule has 0 saturated heterocycles. The van der Waals surface area contributed by atoms with E-state index in [2.05, 4.69) is 53.9 Å². The Labute approximate surface area is 191 Å². The van der Waals surface area contributed by atoms with Crippen LogP contribution in [0.25, 0.3) is 5.57 Å². The van der Waals surface area contributed by atoms with Crippen LogP contribution < -0.4 is 0 Å². The van der Waals surface area contributed by atoms with E-state index in [1.54, 1.807) is 19.2 Å². The average molecular weight is 593 g/mol. The molecule has 1 saturated carbocycles. The maximum absolute atomic E-state index is 11.8. The summed E-state index contributed by atoms with van der Waals surface area (Å²) < 4.78 is 30.6. The molecule has 1 aromatic rings. The van der Waals surface area contributed by atoms with Gasteiger partial charge in [0.15, 0.2) is 14.3 Å². The number of allylic oxidation sites excluding steroid dienone is 4. The number of rotatable bonds is 4. The zero-order valence-electron chi connectivity index (χ0n) is 15.6. The predicted molar refractivity (Wildman–Crippen MR) is 124 cm³/mol. The van der Waals surface area contributed by atoms with Crippen LogP contribution >= 0.6 is 47.8 Å². The minimum Gasteiger partial charge on any atom is -0.358 e. The lowest BCUT2D eigenvalue weighted by molar-refractivity contribution is 0.151. The number of hydrogen-bond acceptors (Lipinski definition) is 3. The van der Waals surface area contributed by atoms with Gasteiger partial charge in [-0.05, 0) is 76.4 Å². The Hall–Kier alpha value is -0.210. The van der Waals surface area contributed by atoms with Crippen molar-refractivity contribution >= 4 is 63.2 Å². The molecule has 3 aliphatic carbocycles. The molecule has 150 valence electrons. The molecule has 0 aromatic heterocycles. The van der Waals surface area contributed by atoms with Gasteiger partial charge in [-0.25, -0.2) is 8.42 Å². The molecule has 0 amide bonds. The zero-order valence-corrected chi connectivity index (χ0v) is 21.2. The highest BCUT2D eigenvalue weighted by atomic mass is 79.9. The summed E-state index contributed by atoms with van der Waals surface area (Å²) >= 11 is 11.1. The van der Waals surface area contributed by atoms with Gasteiger partial charge in [-0.1, -0.05) is 55.6 Å². The molecular weight excluding hydrogens is 572 g/mol. The average Bonchev–Trinajstić information content (AvgIpc) is 3.31. The molecule has 1 fully saturated rings. The number of sulfone groups is 1. The maximum atomic E-state index is 11.8. The van der Waals surface area contributed by atoms with Gasteiger partial charge >= 0.3 is 0 Å². The molecule has 3 nitrogen and oxygen atoms in total. The molecule has 4 rings (SSSR count). The Morgan fingerprint density at radius 2 is 1.75 bits per heavy atom. The standard InChI is InChI=1S/C21H21Br3O3S/c1-27-21(24)8-7-15(18(22)19(21)23)17-12-20(9-10-20)11-16(17)13-3-5-14(6-4-13)28(2,25)26/h3-8,15H,9-12H2,1-2H3. The topological polar surface area (TPSA) is 43.4 Å². The van der Waals surface area contributed by atoms with E-state index in [9.17, 15) is 8.42 Å². The SMILES string of the molecule is COC1(Br)C=CC(C2=C(c3ccc(S(C)(=O)=O)cc3)CC3(CC3)C2)C(Br)=C1Br. The van der Waals surface area contributed by atoms with Crippen molar-refractivity contribution in [3.05, 3.63) is 56.5 Å². The lowest BCUT2D eigenvalue weighted by Crippen LogP contribution is -2.26. The summed E-state index contributed by atoms with van der Waals surface area (Å²) in [5, 5.41) is 0. The molecule has 2 atom stereocenters. The first kappa shape index (κ1) is 21.0. The first-order chi connectivity index (χ1) is 13.1. The summed E-state index contributed by atoms with van der Waals surface area (Å²) in [6, 6.07) is 7.35. The van der Waals surface area contributed by atoms with Gasteiger partial charge in [0.05, 0.1) is 9.38 Å². The second kappa shape index (κ2) is 7.19. The molecule has 28 heavy (non-hydrogen) atoms. The fourth-order valence-corrected chi connectivity index (χ4v) is 6.71. The fourth-order valence-electron chi connectivity index (χ4n) is 4.18. The molecule has 7 heteroatoms. The van der Waals surface area contributed by atoms with Crippen molar-refractivity contribution in [2.75, 3.05) is 13.4 Å². The second-order valence-corrected chi connectivity index (χ2v) is 12.8. The molecule has 0 bridgehead atoms. The Morgan fingerprint density at radius 3 is 2.29 bits per heavy atom. The predicted octanol–water partition coefficient (Wildman–Crippen LogP) is 6.34. The zero-order chi connectivity index (χ0) is 20.3. The van der Waals surface area contributed by atoms with Gasteiger partial charge < -0.3 is 4.74 Å². The van der Waals surface area contributed by atoms with Gasteiger partial charge in [0.1, 0.15) is 0 Å². The Kier molecular flexibility index (Phi) is 5.40. The quantitative estimate of drug-likeness (QED) is 0.303. The van der Waals surface area contributed by atoms with Crippen LogP contribution in [-0.2, 0) is 14.6 Å². The van der Waals surface area contributed by atoms with Crippen molar-refractivity contribution in [2.45, 2.75) is 35.1 Å². The molecule has 3 aliphatic rings. The molecular formula is C21H21Br3O3S. The van der Waals surface area contributed by atoms with Crippen molar-refractivity contribution in [1.82, 2.24) is 0 Å². The van der Waals surface area contributed by atoms with Crippen molar-refractivity contribution in [1.29, 1.82) is 0 Å². The highest BCUT2D eigenvalue weighted by Gasteiger charge is 2.50. The Balaban J connectivity index is 1.76. The van der Waals surface area contributed by atoms with Gasteiger partial charge in [0.25, 0.3) is 0 Å². The van der Waals surface area contributed by atoms with Crippen LogP contribution in [0, 0.1) is 11.3 Å². The van der Waals surface area contributed by atoms with Crippen LogP contribution in [0.2, 0.25) is 0 Å². The van der Waals surface area contributed by atoms with E-state index in [1.165, 1.54) is 30.2 Å². The third kappa shape index (κ3) is 3.66. The van der Waals surface area contributed by atoms with Crippen LogP contribution in [-0.4, -0.2) is 26.3 Å². The third-order valence-corrected chi connectivity index (χ3v) is 11.1. The minimum absolute atomic E-state index is 0.153. The summed E-state index contributed by atoms with van der Waals surface area (Å²) in [4.78, 5) is 0.364. The van der Waals surface area contributed by atoms with E-state index < -0.39 is 14.3 Å². The monoisotopic (exact) mass is 590 g/mol. The molecule has 0 radical (unpaired) electrons. The number of methoxy groups -OCH3 is 1. The van der Waals surface area contributed by atoms with E-state index in [4.69, 9.17) is 4.74 Å². The third-order valence-electron chi connectivity index (χ3n) is 6.05. The molecule has 0 aliphatic heterocycles. The fraction of sp³-hybridized carbons (Fsp3) is 0.429. The van der Waals surface area contributed by atoms with Crippen LogP contribution in [0.3, 0.4) is 0 Å². The number of hydrogen-bond donors (Lipinski definition) is 0. The first-order valence-corrected chi connectivity index (χ1v) is 13.4. The number of ether oxygens (including phenoxy) is 1. The summed E-state index contributed by atoms with van der Waals surface area (Å²) in [5.74, 6) is 0.153. The molecule has 2 unspecified atom stereocenters. The summed E-state index contributed by atoms with van der Waals surface area (Å²) in [6.45, 7) is 0. The minimum atomic E-state index is -3.19. The van der Waals surface area contributed by atoms with E-state index in [-0.39, 0.29) is 5.92 Å².